The van der Waals surface area contributed by atoms with E-state index in [0.29, 0.717) is 30.1 Å². The number of nitrogens with zero attached hydrogens (tertiary/aromatic N) is 2. The number of carbonyl (C=O) groups excluding carboxylic acids is 1. The second-order valence-corrected chi connectivity index (χ2v) is 7.95. The van der Waals surface area contributed by atoms with E-state index in [1.54, 1.807) is 0 Å². The molecule has 4 heterocycles. The zero-order valence-electron chi connectivity index (χ0n) is 15.3. The smallest absolute Gasteiger partial charge is 0.344 e. The van der Waals surface area contributed by atoms with E-state index in [4.69, 9.17) is 9.47 Å². The van der Waals surface area contributed by atoms with Crippen LogP contribution in [0.4, 0.5) is 0 Å². The van der Waals surface area contributed by atoms with Crippen LogP contribution in [0.15, 0.2) is 24.3 Å². The number of rotatable bonds is 2. The summed E-state index contributed by atoms with van der Waals surface area (Å²) in [5, 5.41) is 0.949. The molecule has 0 spiro atoms. The first kappa shape index (κ1) is 16.2. The first-order valence-corrected chi connectivity index (χ1v) is 9.89. The van der Waals surface area contributed by atoms with Crippen molar-refractivity contribution in [3.05, 3.63) is 29.8 Å². The molecule has 0 radical (unpaired) electrons. The van der Waals surface area contributed by atoms with Crippen LogP contribution >= 0.6 is 0 Å². The summed E-state index contributed by atoms with van der Waals surface area (Å²) in [4.78, 5) is 15.6. The number of carbonyl (C=O) groups is 1. The van der Waals surface area contributed by atoms with Gasteiger partial charge in [0.1, 0.15) is 11.7 Å². The highest BCUT2D eigenvalue weighted by Crippen LogP contribution is 2.38. The predicted octanol–water partition coefficient (Wildman–Crippen LogP) is 3.60. The van der Waals surface area contributed by atoms with Gasteiger partial charge in [-0.05, 0) is 38.8 Å². The molecule has 0 N–H and O–H groups in total. The molecule has 3 atom stereocenters. The van der Waals surface area contributed by atoms with E-state index in [1.165, 1.54) is 12.8 Å². The molecular weight excluding hydrogens is 328 g/mol. The molecule has 2 saturated heterocycles. The van der Waals surface area contributed by atoms with Crippen molar-refractivity contribution >= 4 is 16.9 Å². The van der Waals surface area contributed by atoms with E-state index in [-0.39, 0.29) is 12.1 Å². The van der Waals surface area contributed by atoms with Crippen molar-refractivity contribution in [2.75, 3.05) is 13.7 Å². The number of piperidine rings is 1. The van der Waals surface area contributed by atoms with E-state index in [9.17, 15) is 4.79 Å². The average Bonchev–Trinajstić information content (AvgIpc) is 2.93. The molecule has 2 aromatic rings. The summed E-state index contributed by atoms with van der Waals surface area (Å²) in [5.74, 6) is 0.482. The molecule has 3 aliphatic heterocycles. The van der Waals surface area contributed by atoms with Gasteiger partial charge in [0.05, 0.1) is 12.1 Å². The van der Waals surface area contributed by atoms with Crippen molar-refractivity contribution in [1.82, 2.24) is 9.47 Å². The van der Waals surface area contributed by atoms with Crippen LogP contribution in [0.2, 0.25) is 0 Å². The van der Waals surface area contributed by atoms with Gasteiger partial charge in [-0.25, -0.2) is 4.79 Å². The van der Waals surface area contributed by atoms with Gasteiger partial charge in [-0.2, -0.15) is 0 Å². The van der Waals surface area contributed by atoms with Crippen molar-refractivity contribution in [2.45, 2.75) is 63.3 Å². The maximum absolute atomic E-state index is 13.2. The maximum atomic E-state index is 13.2. The average molecular weight is 354 g/mol. The first-order valence-electron chi connectivity index (χ1n) is 9.89. The van der Waals surface area contributed by atoms with Gasteiger partial charge in [-0.3, -0.25) is 0 Å². The Hall–Kier alpha value is -2.01. The fourth-order valence-corrected chi connectivity index (χ4v) is 5.06. The molecule has 2 fully saturated rings. The minimum Gasteiger partial charge on any atom is -0.478 e. The number of benzene rings is 1. The Morgan fingerprint density at radius 3 is 2.73 bits per heavy atom. The number of ether oxygens (including phenoxy) is 2. The van der Waals surface area contributed by atoms with Gasteiger partial charge in [0.25, 0.3) is 0 Å². The minimum atomic E-state index is -0.217. The number of esters is 1. The zero-order valence-corrected chi connectivity index (χ0v) is 15.3. The molecule has 0 unspecified atom stereocenters. The second-order valence-electron chi connectivity index (χ2n) is 7.95. The zero-order chi connectivity index (χ0) is 17.7. The Labute approximate surface area is 153 Å². The summed E-state index contributed by atoms with van der Waals surface area (Å²) < 4.78 is 14.2. The number of para-hydroxylation sites is 1. The molecule has 26 heavy (non-hydrogen) atoms. The van der Waals surface area contributed by atoms with Crippen LogP contribution in [0.1, 0.15) is 48.9 Å². The lowest BCUT2D eigenvalue weighted by Crippen LogP contribution is -2.43. The Balaban J connectivity index is 1.47. The van der Waals surface area contributed by atoms with Gasteiger partial charge in [0, 0.05) is 36.9 Å². The normalized spacial score (nSPS) is 28.4. The number of aryl methyl sites for hydroxylation is 1. The minimum absolute atomic E-state index is 0.0243. The van der Waals surface area contributed by atoms with Crippen molar-refractivity contribution in [3.63, 3.8) is 0 Å². The lowest BCUT2D eigenvalue weighted by Gasteiger charge is -2.35. The van der Waals surface area contributed by atoms with E-state index in [2.05, 4.69) is 22.6 Å². The quantitative estimate of drug-likeness (QED) is 0.773. The molecule has 5 nitrogen and oxygen atoms in total. The fraction of sp³-hybridized carbons (Fsp3) is 0.571. The third-order valence-electron chi connectivity index (χ3n) is 6.47. The number of hydrogen-bond donors (Lipinski definition) is 0. The van der Waals surface area contributed by atoms with Gasteiger partial charge in [0.15, 0.2) is 0 Å². The standard InChI is InChI=1S/C21H26N2O3/c1-22-14-8-9-15(22)13-16(12-14)26-21(24)19-17-6-2-3-7-18(17)23-10-4-5-11-25-20(19)23/h2-3,6-7,14-16H,4-5,8-13H2,1H3/t14-,15+,16-. The van der Waals surface area contributed by atoms with E-state index in [1.807, 2.05) is 18.2 Å². The number of hydrogen-bond acceptors (Lipinski definition) is 4. The van der Waals surface area contributed by atoms with Crippen LogP contribution in [0.25, 0.3) is 10.9 Å². The number of aromatic nitrogens is 1. The Bertz CT molecular complexity index is 829. The highest BCUT2D eigenvalue weighted by molar-refractivity contribution is 6.07. The molecule has 1 aromatic carbocycles. The molecule has 138 valence electrons. The van der Waals surface area contributed by atoms with E-state index >= 15 is 0 Å². The van der Waals surface area contributed by atoms with Gasteiger partial charge in [-0.1, -0.05) is 18.2 Å². The molecule has 2 bridgehead atoms. The molecule has 5 heteroatoms. The van der Waals surface area contributed by atoms with Gasteiger partial charge < -0.3 is 18.9 Å². The third-order valence-corrected chi connectivity index (χ3v) is 6.47. The van der Waals surface area contributed by atoms with Crippen LogP contribution in [0.5, 0.6) is 5.88 Å². The topological polar surface area (TPSA) is 43.7 Å². The van der Waals surface area contributed by atoms with Crippen LogP contribution in [0.3, 0.4) is 0 Å². The molecule has 0 aliphatic carbocycles. The van der Waals surface area contributed by atoms with Gasteiger partial charge in [0.2, 0.25) is 5.88 Å². The fourth-order valence-electron chi connectivity index (χ4n) is 5.06. The molecule has 0 saturated carbocycles. The Morgan fingerprint density at radius 2 is 1.92 bits per heavy atom. The van der Waals surface area contributed by atoms with Crippen LogP contribution < -0.4 is 4.74 Å². The summed E-state index contributed by atoms with van der Waals surface area (Å²) in [6.07, 6.45) is 6.46. The lowest BCUT2D eigenvalue weighted by molar-refractivity contribution is -0.000581. The summed E-state index contributed by atoms with van der Waals surface area (Å²) in [6.45, 7) is 1.55. The van der Waals surface area contributed by atoms with Crippen molar-refractivity contribution in [1.29, 1.82) is 0 Å². The van der Waals surface area contributed by atoms with Gasteiger partial charge >= 0.3 is 5.97 Å². The third kappa shape index (κ3) is 2.52. The summed E-state index contributed by atoms with van der Waals surface area (Å²) in [5.41, 5.74) is 1.69. The maximum Gasteiger partial charge on any atom is 0.344 e. The van der Waals surface area contributed by atoms with E-state index < -0.39 is 0 Å². The Kier molecular flexibility index (Phi) is 3.92. The highest BCUT2D eigenvalue weighted by Gasteiger charge is 2.40. The summed E-state index contributed by atoms with van der Waals surface area (Å²) >= 11 is 0. The lowest BCUT2D eigenvalue weighted by atomic mass is 10.0. The van der Waals surface area contributed by atoms with Gasteiger partial charge in [-0.15, -0.1) is 0 Å². The Morgan fingerprint density at radius 1 is 1.15 bits per heavy atom. The second kappa shape index (κ2) is 6.31. The van der Waals surface area contributed by atoms with Crippen LogP contribution in [0, 0.1) is 0 Å². The SMILES string of the molecule is CN1[C@@H]2CC[C@H]1C[C@H](OC(=O)c1c3n(c4ccccc14)CCCCO3)C2. The van der Waals surface area contributed by atoms with E-state index in [0.717, 1.165) is 43.1 Å². The molecule has 1 aromatic heterocycles. The van der Waals surface area contributed by atoms with Crippen molar-refractivity contribution in [3.8, 4) is 5.88 Å². The number of fused-ring (bicyclic) bond motifs is 5. The molecule has 0 amide bonds. The van der Waals surface area contributed by atoms with Crippen molar-refractivity contribution < 1.29 is 14.3 Å². The summed E-state index contributed by atoms with van der Waals surface area (Å²) in [6, 6.07) is 9.20. The first-order chi connectivity index (χ1) is 12.7. The van der Waals surface area contributed by atoms with Crippen LogP contribution in [-0.4, -0.2) is 47.3 Å². The molecular formula is C21H26N2O3. The largest absolute Gasteiger partial charge is 0.478 e. The van der Waals surface area contributed by atoms with Crippen molar-refractivity contribution in [2.24, 2.45) is 0 Å². The predicted molar refractivity (Wildman–Crippen MR) is 99.7 cm³/mol. The molecule has 5 rings (SSSR count). The molecule has 3 aliphatic rings. The highest BCUT2D eigenvalue weighted by atomic mass is 16.5. The van der Waals surface area contributed by atoms with Crippen LogP contribution in [-0.2, 0) is 11.3 Å². The monoisotopic (exact) mass is 354 g/mol. The summed E-state index contributed by atoms with van der Waals surface area (Å²) in [7, 11) is 2.20.